The van der Waals surface area contributed by atoms with Gasteiger partial charge in [-0.2, -0.15) is 0 Å². The number of rotatable bonds is 10. The Hall–Kier alpha value is -2.00. The van der Waals surface area contributed by atoms with Crippen molar-refractivity contribution in [3.63, 3.8) is 0 Å². The quantitative estimate of drug-likeness (QED) is 0.338. The first-order valence-corrected chi connectivity index (χ1v) is 9.44. The third-order valence-electron chi connectivity index (χ3n) is 5.02. The van der Waals surface area contributed by atoms with E-state index >= 15 is 0 Å². The van der Waals surface area contributed by atoms with Crippen LogP contribution in [0.25, 0.3) is 0 Å². The van der Waals surface area contributed by atoms with E-state index in [0.717, 1.165) is 25.7 Å². The van der Waals surface area contributed by atoms with Gasteiger partial charge in [-0.1, -0.05) is 32.1 Å². The minimum Gasteiger partial charge on any atom is -0.461 e. The van der Waals surface area contributed by atoms with Gasteiger partial charge in [0.2, 0.25) is 11.8 Å². The van der Waals surface area contributed by atoms with E-state index in [0.29, 0.717) is 12.3 Å². The molecule has 4 N–H and O–H groups in total. The Labute approximate surface area is 158 Å². The number of nitrogens with one attached hydrogen (secondary N) is 2. The topological polar surface area (TPSA) is 140 Å². The van der Waals surface area contributed by atoms with Gasteiger partial charge in [0.15, 0.2) is 11.4 Å². The fourth-order valence-corrected chi connectivity index (χ4v) is 3.40. The SMILES string of the molecule is CC(=O)NCC(=O)N[C@@H](CC1CCCCC1)C(=O)[C@@]1(COC(=O)CN)CO1. The normalized spacial score (nSPS) is 23.2. The minimum absolute atomic E-state index is 0.145. The Morgan fingerprint density at radius 3 is 2.44 bits per heavy atom. The summed E-state index contributed by atoms with van der Waals surface area (Å²) in [6, 6.07) is -0.742. The highest BCUT2D eigenvalue weighted by atomic mass is 16.6. The number of amides is 2. The maximum absolute atomic E-state index is 13.0. The molecule has 2 rings (SSSR count). The van der Waals surface area contributed by atoms with Gasteiger partial charge in [0.25, 0.3) is 0 Å². The molecule has 1 saturated carbocycles. The molecule has 27 heavy (non-hydrogen) atoms. The summed E-state index contributed by atoms with van der Waals surface area (Å²) in [4.78, 5) is 47.5. The van der Waals surface area contributed by atoms with Crippen LogP contribution in [0.3, 0.4) is 0 Å². The summed E-state index contributed by atoms with van der Waals surface area (Å²) in [6.07, 6.45) is 5.96. The van der Waals surface area contributed by atoms with Crippen molar-refractivity contribution in [1.82, 2.24) is 10.6 Å². The van der Waals surface area contributed by atoms with Gasteiger partial charge < -0.3 is 25.8 Å². The second kappa shape index (κ2) is 9.80. The van der Waals surface area contributed by atoms with Crippen LogP contribution in [0.15, 0.2) is 0 Å². The molecule has 2 fully saturated rings. The van der Waals surface area contributed by atoms with Crippen LogP contribution in [0.2, 0.25) is 0 Å². The summed E-state index contributed by atoms with van der Waals surface area (Å²) in [5.74, 6) is -1.33. The van der Waals surface area contributed by atoms with E-state index in [1.54, 1.807) is 0 Å². The first kappa shape index (κ1) is 21.3. The summed E-state index contributed by atoms with van der Waals surface area (Å²) in [7, 11) is 0. The van der Waals surface area contributed by atoms with Crippen molar-refractivity contribution in [1.29, 1.82) is 0 Å². The monoisotopic (exact) mass is 383 g/mol. The lowest BCUT2D eigenvalue weighted by Crippen LogP contribution is -2.51. The lowest BCUT2D eigenvalue weighted by molar-refractivity contribution is -0.146. The highest BCUT2D eigenvalue weighted by Gasteiger charge is 2.55. The number of carbonyl (C=O) groups excluding carboxylic acids is 4. The van der Waals surface area contributed by atoms with Crippen molar-refractivity contribution in [3.8, 4) is 0 Å². The molecule has 0 aromatic rings. The van der Waals surface area contributed by atoms with Crippen LogP contribution in [0.1, 0.15) is 45.4 Å². The average Bonchev–Trinajstić information content (AvgIpc) is 3.45. The van der Waals surface area contributed by atoms with E-state index in [-0.39, 0.29) is 38.0 Å². The maximum Gasteiger partial charge on any atom is 0.319 e. The number of hydrogen-bond acceptors (Lipinski definition) is 7. The van der Waals surface area contributed by atoms with Crippen LogP contribution in [0.4, 0.5) is 0 Å². The Bertz CT molecular complexity index is 569. The minimum atomic E-state index is -1.20. The Morgan fingerprint density at radius 1 is 1.22 bits per heavy atom. The van der Waals surface area contributed by atoms with E-state index in [1.165, 1.54) is 13.3 Å². The van der Waals surface area contributed by atoms with Gasteiger partial charge in [-0.05, 0) is 12.3 Å². The number of ketones is 1. The molecule has 0 spiro atoms. The van der Waals surface area contributed by atoms with Gasteiger partial charge in [-0.15, -0.1) is 0 Å². The zero-order valence-corrected chi connectivity index (χ0v) is 15.8. The molecule has 0 aromatic carbocycles. The molecule has 2 amide bonds. The average molecular weight is 383 g/mol. The molecular formula is C18H29N3O6. The van der Waals surface area contributed by atoms with Crippen molar-refractivity contribution < 1.29 is 28.7 Å². The second-order valence-corrected chi connectivity index (χ2v) is 7.28. The maximum atomic E-state index is 13.0. The van der Waals surface area contributed by atoms with Gasteiger partial charge in [0, 0.05) is 6.92 Å². The van der Waals surface area contributed by atoms with Crippen LogP contribution in [-0.2, 0) is 28.7 Å². The van der Waals surface area contributed by atoms with Crippen molar-refractivity contribution in [3.05, 3.63) is 0 Å². The van der Waals surface area contributed by atoms with E-state index in [2.05, 4.69) is 10.6 Å². The van der Waals surface area contributed by atoms with E-state index in [4.69, 9.17) is 15.2 Å². The molecule has 0 aromatic heterocycles. The number of ether oxygens (including phenoxy) is 2. The fourth-order valence-electron chi connectivity index (χ4n) is 3.40. The van der Waals surface area contributed by atoms with E-state index < -0.39 is 23.5 Å². The summed E-state index contributed by atoms with van der Waals surface area (Å²) >= 11 is 0. The van der Waals surface area contributed by atoms with Crippen molar-refractivity contribution in [2.24, 2.45) is 11.7 Å². The van der Waals surface area contributed by atoms with Gasteiger partial charge >= 0.3 is 5.97 Å². The molecule has 1 saturated heterocycles. The lowest BCUT2D eigenvalue weighted by atomic mass is 9.82. The van der Waals surface area contributed by atoms with Gasteiger partial charge in [-0.3, -0.25) is 19.2 Å². The van der Waals surface area contributed by atoms with E-state index in [9.17, 15) is 19.2 Å². The van der Waals surface area contributed by atoms with Crippen LogP contribution < -0.4 is 16.4 Å². The molecule has 1 heterocycles. The molecule has 0 bridgehead atoms. The molecule has 152 valence electrons. The molecule has 9 heteroatoms. The first-order valence-electron chi connectivity index (χ1n) is 9.44. The fraction of sp³-hybridized carbons (Fsp3) is 0.778. The van der Waals surface area contributed by atoms with Crippen LogP contribution >= 0.6 is 0 Å². The van der Waals surface area contributed by atoms with Crippen molar-refractivity contribution in [2.45, 2.75) is 57.1 Å². The van der Waals surface area contributed by atoms with Crippen molar-refractivity contribution >= 4 is 23.6 Å². The third-order valence-corrected chi connectivity index (χ3v) is 5.02. The molecular weight excluding hydrogens is 354 g/mol. The molecule has 1 aliphatic heterocycles. The first-order chi connectivity index (χ1) is 12.9. The van der Waals surface area contributed by atoms with Crippen molar-refractivity contribution in [2.75, 3.05) is 26.3 Å². The van der Waals surface area contributed by atoms with Crippen LogP contribution in [0.5, 0.6) is 0 Å². The Kier molecular flexibility index (Phi) is 7.73. The standard InChI is InChI=1S/C18H29N3O6/c1-12(22)20-9-15(23)21-14(7-13-5-3-2-4-6-13)17(25)18(11-27-18)10-26-16(24)8-19/h13-14H,2-11,19H2,1H3,(H,20,22)(H,21,23)/t14-,18+/m0/s1. The van der Waals surface area contributed by atoms with E-state index in [1.807, 2.05) is 0 Å². The van der Waals surface area contributed by atoms with Gasteiger partial charge in [-0.25, -0.2) is 0 Å². The third kappa shape index (κ3) is 6.59. The summed E-state index contributed by atoms with van der Waals surface area (Å²) < 4.78 is 10.3. The van der Waals surface area contributed by atoms with Crippen LogP contribution in [-0.4, -0.2) is 61.5 Å². The van der Waals surface area contributed by atoms with Crippen LogP contribution in [0, 0.1) is 5.92 Å². The number of carbonyl (C=O) groups is 4. The van der Waals surface area contributed by atoms with Gasteiger partial charge in [0.1, 0.15) is 6.61 Å². The molecule has 2 aliphatic rings. The Balaban J connectivity index is 2.00. The predicted octanol–water partition coefficient (Wildman–Crippen LogP) is -0.582. The number of nitrogens with two attached hydrogens (primary N) is 1. The highest BCUT2D eigenvalue weighted by molar-refractivity contribution is 5.97. The second-order valence-electron chi connectivity index (χ2n) is 7.28. The smallest absolute Gasteiger partial charge is 0.319 e. The largest absolute Gasteiger partial charge is 0.461 e. The molecule has 0 unspecified atom stereocenters. The van der Waals surface area contributed by atoms with Gasteiger partial charge in [0.05, 0.1) is 25.7 Å². The summed E-state index contributed by atoms with van der Waals surface area (Å²) in [5.41, 5.74) is 4.01. The molecule has 1 aliphatic carbocycles. The number of hydrogen-bond donors (Lipinski definition) is 3. The molecule has 9 nitrogen and oxygen atoms in total. The predicted molar refractivity (Wildman–Crippen MR) is 95.5 cm³/mol. The highest BCUT2D eigenvalue weighted by Crippen LogP contribution is 2.33. The summed E-state index contributed by atoms with van der Waals surface area (Å²) in [6.45, 7) is 0.788. The zero-order chi connectivity index (χ0) is 19.9. The Morgan fingerprint density at radius 2 is 1.89 bits per heavy atom. The number of esters is 1. The molecule has 2 atom stereocenters. The lowest BCUT2D eigenvalue weighted by Gasteiger charge is -2.28. The number of Topliss-reactive ketones (excluding diaryl/α,β-unsaturated/α-hetero) is 1. The molecule has 0 radical (unpaired) electrons. The summed E-state index contributed by atoms with van der Waals surface area (Å²) in [5, 5.41) is 5.14. The number of epoxide rings is 1. The zero-order valence-electron chi connectivity index (χ0n) is 15.8.